The van der Waals surface area contributed by atoms with Crippen LogP contribution < -0.4 is 4.90 Å². The third-order valence-corrected chi connectivity index (χ3v) is 4.33. The first-order valence-corrected chi connectivity index (χ1v) is 7.54. The van der Waals surface area contributed by atoms with Crippen LogP contribution >= 0.6 is 0 Å². The molecule has 0 radical (unpaired) electrons. The van der Waals surface area contributed by atoms with Crippen LogP contribution in [0.5, 0.6) is 5.75 Å². The van der Waals surface area contributed by atoms with Gasteiger partial charge in [0, 0.05) is 6.54 Å². The monoisotopic (exact) mass is 285 g/mol. The van der Waals surface area contributed by atoms with Gasteiger partial charge in [0.05, 0.1) is 11.7 Å². The lowest BCUT2D eigenvalue weighted by Gasteiger charge is -2.37. The molecule has 0 heterocycles. The van der Waals surface area contributed by atoms with Gasteiger partial charge in [-0.2, -0.15) is 0 Å². The Kier molecular flexibility index (Phi) is 3.82. The van der Waals surface area contributed by atoms with Gasteiger partial charge in [-0.25, -0.2) is 4.39 Å². The van der Waals surface area contributed by atoms with Crippen LogP contribution in [0, 0.1) is 5.82 Å². The minimum absolute atomic E-state index is 0.128. The van der Waals surface area contributed by atoms with Crippen LogP contribution in [0.4, 0.5) is 10.1 Å². The average Bonchev–Trinajstić information content (AvgIpc) is 2.51. The average molecular weight is 285 g/mol. The number of hydrogen-bond acceptors (Lipinski definition) is 2. The van der Waals surface area contributed by atoms with Crippen molar-refractivity contribution in [2.75, 3.05) is 11.4 Å². The van der Waals surface area contributed by atoms with E-state index in [-0.39, 0.29) is 11.9 Å². The first-order chi connectivity index (χ1) is 10.2. The number of hydrogen-bond donors (Lipinski definition) is 1. The molecule has 3 rings (SSSR count). The smallest absolute Gasteiger partial charge is 0.146 e. The minimum Gasteiger partial charge on any atom is -0.508 e. The molecule has 1 aliphatic rings. The highest BCUT2D eigenvalue weighted by molar-refractivity contribution is 5.53. The fourth-order valence-electron chi connectivity index (χ4n) is 3.37. The van der Waals surface area contributed by atoms with Crippen LogP contribution in [0.25, 0.3) is 0 Å². The van der Waals surface area contributed by atoms with Gasteiger partial charge in [-0.1, -0.05) is 24.3 Å². The first-order valence-electron chi connectivity index (χ1n) is 7.54. The van der Waals surface area contributed by atoms with Crippen molar-refractivity contribution >= 4 is 5.69 Å². The van der Waals surface area contributed by atoms with Crippen LogP contribution in [0.3, 0.4) is 0 Å². The Morgan fingerprint density at radius 1 is 1.19 bits per heavy atom. The van der Waals surface area contributed by atoms with Crippen molar-refractivity contribution in [1.29, 1.82) is 0 Å². The van der Waals surface area contributed by atoms with Crippen molar-refractivity contribution in [3.05, 3.63) is 59.4 Å². The molecule has 0 bridgehead atoms. The lowest BCUT2D eigenvalue weighted by molar-refractivity contribution is 0.449. The number of benzene rings is 2. The number of fused-ring (bicyclic) bond motifs is 1. The molecule has 0 saturated carbocycles. The molecule has 3 heteroatoms. The molecule has 0 aromatic heterocycles. The zero-order valence-corrected chi connectivity index (χ0v) is 12.2. The molecule has 1 aliphatic carbocycles. The maximum Gasteiger partial charge on any atom is 0.146 e. The van der Waals surface area contributed by atoms with Gasteiger partial charge in [0.1, 0.15) is 11.6 Å². The third-order valence-electron chi connectivity index (χ3n) is 4.33. The zero-order chi connectivity index (χ0) is 14.8. The van der Waals surface area contributed by atoms with Crippen molar-refractivity contribution < 1.29 is 9.50 Å². The van der Waals surface area contributed by atoms with Crippen LogP contribution in [0.15, 0.2) is 42.5 Å². The number of phenols is 1. The van der Waals surface area contributed by atoms with Crippen molar-refractivity contribution in [3.63, 3.8) is 0 Å². The summed E-state index contributed by atoms with van der Waals surface area (Å²) in [4.78, 5) is 2.10. The van der Waals surface area contributed by atoms with Crippen molar-refractivity contribution in [2.45, 2.75) is 32.2 Å². The minimum atomic E-state index is -0.188. The summed E-state index contributed by atoms with van der Waals surface area (Å²) in [6.07, 6.45) is 2.89. The molecule has 0 saturated heterocycles. The van der Waals surface area contributed by atoms with Crippen molar-refractivity contribution in [1.82, 2.24) is 0 Å². The Morgan fingerprint density at radius 2 is 2.00 bits per heavy atom. The molecule has 110 valence electrons. The quantitative estimate of drug-likeness (QED) is 0.901. The fraction of sp³-hybridized carbons (Fsp3) is 0.333. The summed E-state index contributed by atoms with van der Waals surface area (Å²) in [6.45, 7) is 2.78. The molecule has 0 aliphatic heterocycles. The summed E-state index contributed by atoms with van der Waals surface area (Å²) < 4.78 is 14.1. The third kappa shape index (κ3) is 2.48. The molecule has 2 aromatic rings. The Balaban J connectivity index is 2.04. The molecule has 2 aromatic carbocycles. The summed E-state index contributed by atoms with van der Waals surface area (Å²) in [6, 6.07) is 12.7. The van der Waals surface area contributed by atoms with Gasteiger partial charge in [-0.15, -0.1) is 0 Å². The molecule has 21 heavy (non-hydrogen) atoms. The van der Waals surface area contributed by atoms with Gasteiger partial charge in [0.25, 0.3) is 0 Å². The molecule has 1 atom stereocenters. The van der Waals surface area contributed by atoms with Gasteiger partial charge < -0.3 is 10.0 Å². The lowest BCUT2D eigenvalue weighted by atomic mass is 9.86. The molecular formula is C18H20FNO. The highest BCUT2D eigenvalue weighted by atomic mass is 19.1. The number of para-hydroxylation sites is 1. The second-order valence-corrected chi connectivity index (χ2v) is 5.49. The first kappa shape index (κ1) is 13.9. The maximum atomic E-state index is 14.1. The van der Waals surface area contributed by atoms with E-state index in [2.05, 4.69) is 11.0 Å². The summed E-state index contributed by atoms with van der Waals surface area (Å²) in [5, 5.41) is 10.1. The predicted molar refractivity (Wildman–Crippen MR) is 83.2 cm³/mol. The second kappa shape index (κ2) is 5.76. The van der Waals surface area contributed by atoms with Crippen LogP contribution in [0.1, 0.15) is 36.9 Å². The normalized spacial score (nSPS) is 17.3. The van der Waals surface area contributed by atoms with E-state index in [1.54, 1.807) is 12.1 Å². The second-order valence-electron chi connectivity index (χ2n) is 5.49. The van der Waals surface area contributed by atoms with Gasteiger partial charge in [-0.3, -0.25) is 0 Å². The summed E-state index contributed by atoms with van der Waals surface area (Å²) in [5.41, 5.74) is 2.79. The number of rotatable bonds is 3. The number of phenolic OH excluding ortho intramolecular Hbond substituents is 1. The highest BCUT2D eigenvalue weighted by Gasteiger charge is 2.27. The van der Waals surface area contributed by atoms with Crippen molar-refractivity contribution in [3.8, 4) is 5.75 Å². The summed E-state index contributed by atoms with van der Waals surface area (Å²) in [5.74, 6) is 0.174. The topological polar surface area (TPSA) is 23.5 Å². The highest BCUT2D eigenvalue weighted by Crippen LogP contribution is 2.40. The predicted octanol–water partition coefficient (Wildman–Crippen LogP) is 4.44. The van der Waals surface area contributed by atoms with Crippen LogP contribution in [-0.2, 0) is 6.42 Å². The van der Waals surface area contributed by atoms with E-state index < -0.39 is 0 Å². The molecule has 1 unspecified atom stereocenters. The van der Waals surface area contributed by atoms with E-state index in [9.17, 15) is 9.50 Å². The van der Waals surface area contributed by atoms with Gasteiger partial charge >= 0.3 is 0 Å². The molecule has 0 amide bonds. The van der Waals surface area contributed by atoms with Gasteiger partial charge in [0.15, 0.2) is 0 Å². The Hall–Kier alpha value is -2.03. The van der Waals surface area contributed by atoms with E-state index in [1.165, 1.54) is 6.07 Å². The summed E-state index contributed by atoms with van der Waals surface area (Å²) >= 11 is 0. The number of anilines is 1. The Labute approximate surface area is 124 Å². The molecule has 2 nitrogen and oxygen atoms in total. The van der Waals surface area contributed by atoms with Crippen molar-refractivity contribution in [2.24, 2.45) is 0 Å². The van der Waals surface area contributed by atoms with Crippen LogP contribution in [0.2, 0.25) is 0 Å². The van der Waals surface area contributed by atoms with E-state index in [4.69, 9.17) is 0 Å². The van der Waals surface area contributed by atoms with E-state index >= 15 is 0 Å². The number of aromatic hydroxyl groups is 1. The lowest BCUT2D eigenvalue weighted by Crippen LogP contribution is -2.31. The Bertz CT molecular complexity index is 641. The van der Waals surface area contributed by atoms with E-state index in [1.807, 2.05) is 25.1 Å². The summed E-state index contributed by atoms with van der Waals surface area (Å²) in [7, 11) is 0. The van der Waals surface area contributed by atoms with E-state index in [0.29, 0.717) is 11.4 Å². The van der Waals surface area contributed by atoms with Crippen LogP contribution in [-0.4, -0.2) is 11.7 Å². The van der Waals surface area contributed by atoms with Gasteiger partial charge in [-0.05, 0) is 55.5 Å². The number of nitrogens with zero attached hydrogens (tertiary/aromatic N) is 1. The molecule has 0 fully saturated rings. The molecular weight excluding hydrogens is 265 g/mol. The van der Waals surface area contributed by atoms with E-state index in [0.717, 1.165) is 36.9 Å². The molecule has 0 spiro atoms. The Morgan fingerprint density at radius 3 is 2.76 bits per heavy atom. The zero-order valence-electron chi connectivity index (χ0n) is 12.2. The maximum absolute atomic E-state index is 14.1. The number of halogens is 1. The SMILES string of the molecule is CCN(c1ccccc1F)C1CCCc2c(O)cccc21. The molecule has 1 N–H and O–H groups in total. The fourth-order valence-corrected chi connectivity index (χ4v) is 3.37. The van der Waals surface area contributed by atoms with Gasteiger partial charge in [0.2, 0.25) is 0 Å². The standard InChI is InChI=1S/C18H20FNO/c1-2-20(17-10-4-3-9-15(17)19)16-11-5-8-14-13(16)7-6-12-18(14)21/h3-4,6-7,9-10,12,16,21H,2,5,8,11H2,1H3. The largest absolute Gasteiger partial charge is 0.508 e.